The van der Waals surface area contributed by atoms with Crippen molar-refractivity contribution >= 4 is 62.2 Å². The first-order valence-electron chi connectivity index (χ1n) is 5.54. The second-order valence-corrected chi connectivity index (χ2v) is 5.64. The second kappa shape index (κ2) is 6.35. The average molecular weight is 375 g/mol. The number of hydrogen-bond acceptors (Lipinski definition) is 2. The molecule has 0 aliphatic rings. The predicted molar refractivity (Wildman–Crippen MR) is 87.7 cm³/mol. The fourth-order valence-corrected chi connectivity index (χ4v) is 2.33. The normalized spacial score (nSPS) is 10.2. The molecule has 104 valence electrons. The molecular formula is C13H10BrCl2N3O. The van der Waals surface area contributed by atoms with Gasteiger partial charge in [0.05, 0.1) is 16.4 Å². The van der Waals surface area contributed by atoms with E-state index >= 15 is 0 Å². The molecule has 0 unspecified atom stereocenters. The van der Waals surface area contributed by atoms with Gasteiger partial charge in [0, 0.05) is 15.2 Å². The van der Waals surface area contributed by atoms with Crippen molar-refractivity contribution in [3.8, 4) is 0 Å². The van der Waals surface area contributed by atoms with Crippen LogP contribution in [-0.4, -0.2) is 6.03 Å². The summed E-state index contributed by atoms with van der Waals surface area (Å²) in [7, 11) is 0. The highest BCUT2D eigenvalue weighted by Gasteiger charge is 2.08. The smallest absolute Gasteiger partial charge is 0.323 e. The third-order valence-corrected chi connectivity index (χ3v) is 3.64. The number of nitrogen functional groups attached to an aromatic ring is 1. The molecule has 0 bridgehead atoms. The minimum atomic E-state index is -0.431. The number of anilines is 3. The number of urea groups is 1. The monoisotopic (exact) mass is 373 g/mol. The molecule has 0 aliphatic heterocycles. The summed E-state index contributed by atoms with van der Waals surface area (Å²) in [4.78, 5) is 11.9. The van der Waals surface area contributed by atoms with Gasteiger partial charge >= 0.3 is 6.03 Å². The van der Waals surface area contributed by atoms with Crippen LogP contribution >= 0.6 is 39.1 Å². The molecule has 2 amide bonds. The fraction of sp³-hybridized carbons (Fsp3) is 0. The number of carbonyl (C=O) groups is 1. The number of amides is 2. The molecule has 0 aliphatic carbocycles. The molecule has 0 spiro atoms. The Hall–Kier alpha value is -1.43. The maximum absolute atomic E-state index is 11.9. The SMILES string of the molecule is Nc1ccc(NC(=O)Nc2cc(Cl)ccc2Cl)c(Br)c1. The lowest BCUT2D eigenvalue weighted by molar-refractivity contribution is 0.262. The van der Waals surface area contributed by atoms with Gasteiger partial charge in [-0.15, -0.1) is 0 Å². The molecule has 0 fully saturated rings. The summed E-state index contributed by atoms with van der Waals surface area (Å²) in [5.41, 5.74) is 7.25. The zero-order chi connectivity index (χ0) is 14.7. The van der Waals surface area contributed by atoms with E-state index in [2.05, 4.69) is 26.6 Å². The van der Waals surface area contributed by atoms with Crippen molar-refractivity contribution < 1.29 is 4.79 Å². The van der Waals surface area contributed by atoms with E-state index < -0.39 is 6.03 Å². The molecule has 0 atom stereocenters. The molecule has 2 aromatic rings. The van der Waals surface area contributed by atoms with Crippen LogP contribution in [0.15, 0.2) is 40.9 Å². The van der Waals surface area contributed by atoms with Crippen LogP contribution < -0.4 is 16.4 Å². The van der Waals surface area contributed by atoms with Crippen molar-refractivity contribution in [3.63, 3.8) is 0 Å². The summed E-state index contributed by atoms with van der Waals surface area (Å²) in [6, 6.07) is 9.47. The highest BCUT2D eigenvalue weighted by Crippen LogP contribution is 2.27. The van der Waals surface area contributed by atoms with E-state index in [1.807, 2.05) is 0 Å². The van der Waals surface area contributed by atoms with Crippen LogP contribution in [0.4, 0.5) is 21.9 Å². The molecule has 4 nitrogen and oxygen atoms in total. The number of nitrogens with one attached hydrogen (secondary N) is 2. The Morgan fingerprint density at radius 1 is 1.05 bits per heavy atom. The largest absolute Gasteiger partial charge is 0.399 e. The van der Waals surface area contributed by atoms with Crippen LogP contribution in [0.25, 0.3) is 0 Å². The van der Waals surface area contributed by atoms with Crippen LogP contribution in [0.2, 0.25) is 10.0 Å². The van der Waals surface area contributed by atoms with Gasteiger partial charge in [0.15, 0.2) is 0 Å². The van der Waals surface area contributed by atoms with Gasteiger partial charge in [0.2, 0.25) is 0 Å². The second-order valence-electron chi connectivity index (χ2n) is 3.94. The van der Waals surface area contributed by atoms with Crippen LogP contribution in [0.5, 0.6) is 0 Å². The number of benzene rings is 2. The summed E-state index contributed by atoms with van der Waals surface area (Å²) in [6.07, 6.45) is 0. The highest BCUT2D eigenvalue weighted by molar-refractivity contribution is 9.10. The topological polar surface area (TPSA) is 67.1 Å². The minimum absolute atomic E-state index is 0.404. The molecule has 20 heavy (non-hydrogen) atoms. The first-order chi connectivity index (χ1) is 9.45. The summed E-state index contributed by atoms with van der Waals surface area (Å²) in [5, 5.41) is 6.19. The van der Waals surface area contributed by atoms with E-state index in [9.17, 15) is 4.79 Å². The summed E-state index contributed by atoms with van der Waals surface area (Å²) in [5.74, 6) is 0. The summed E-state index contributed by atoms with van der Waals surface area (Å²) >= 11 is 15.1. The number of rotatable bonds is 2. The standard InChI is InChI=1S/C13H10BrCl2N3O/c14-9-6-8(17)2-4-11(9)18-13(20)19-12-5-7(15)1-3-10(12)16/h1-6H,17H2,(H2,18,19,20). The minimum Gasteiger partial charge on any atom is -0.399 e. The first kappa shape index (κ1) is 15.0. The van der Waals surface area contributed by atoms with Gasteiger partial charge in [-0.1, -0.05) is 23.2 Å². The Bertz CT molecular complexity index is 664. The van der Waals surface area contributed by atoms with Gasteiger partial charge in [-0.3, -0.25) is 0 Å². The zero-order valence-corrected chi connectivity index (χ0v) is 13.2. The maximum Gasteiger partial charge on any atom is 0.323 e. The van der Waals surface area contributed by atoms with E-state index in [1.54, 1.807) is 36.4 Å². The molecule has 0 radical (unpaired) electrons. The Morgan fingerprint density at radius 2 is 1.75 bits per heavy atom. The highest BCUT2D eigenvalue weighted by atomic mass is 79.9. The molecular weight excluding hydrogens is 365 g/mol. The lowest BCUT2D eigenvalue weighted by atomic mass is 10.3. The number of carbonyl (C=O) groups excluding carboxylic acids is 1. The molecule has 0 heterocycles. The first-order valence-corrected chi connectivity index (χ1v) is 7.08. The Balaban J connectivity index is 2.11. The third kappa shape index (κ3) is 3.79. The van der Waals surface area contributed by atoms with Gasteiger partial charge in [0.25, 0.3) is 0 Å². The lowest BCUT2D eigenvalue weighted by Crippen LogP contribution is -2.19. The van der Waals surface area contributed by atoms with E-state index in [-0.39, 0.29) is 0 Å². The lowest BCUT2D eigenvalue weighted by Gasteiger charge is -2.11. The zero-order valence-electron chi connectivity index (χ0n) is 10.1. The Labute approximate surface area is 134 Å². The van der Waals surface area contributed by atoms with Crippen LogP contribution in [0, 0.1) is 0 Å². The van der Waals surface area contributed by atoms with E-state index in [0.29, 0.717) is 31.6 Å². The summed E-state index contributed by atoms with van der Waals surface area (Å²) in [6.45, 7) is 0. The van der Waals surface area contributed by atoms with Crippen LogP contribution in [-0.2, 0) is 0 Å². The van der Waals surface area contributed by atoms with Gasteiger partial charge in [-0.05, 0) is 52.3 Å². The van der Waals surface area contributed by atoms with Crippen molar-refractivity contribution in [2.24, 2.45) is 0 Å². The molecule has 2 aromatic carbocycles. The predicted octanol–water partition coefficient (Wildman–Crippen LogP) is 4.98. The van der Waals surface area contributed by atoms with Crippen LogP contribution in [0.3, 0.4) is 0 Å². The molecule has 0 saturated carbocycles. The van der Waals surface area contributed by atoms with Crippen molar-refractivity contribution in [2.45, 2.75) is 0 Å². The molecule has 0 aromatic heterocycles. The molecule has 4 N–H and O–H groups in total. The van der Waals surface area contributed by atoms with Gasteiger partial charge < -0.3 is 16.4 Å². The quantitative estimate of drug-likeness (QED) is 0.648. The van der Waals surface area contributed by atoms with E-state index in [1.165, 1.54) is 0 Å². The number of hydrogen-bond donors (Lipinski definition) is 3. The fourth-order valence-electron chi connectivity index (χ4n) is 1.50. The van der Waals surface area contributed by atoms with Crippen LogP contribution in [0.1, 0.15) is 0 Å². The Kier molecular flexibility index (Phi) is 4.75. The average Bonchev–Trinajstić information content (AvgIpc) is 2.37. The van der Waals surface area contributed by atoms with Crippen molar-refractivity contribution in [1.29, 1.82) is 0 Å². The van der Waals surface area contributed by atoms with Gasteiger partial charge in [0.1, 0.15) is 0 Å². The Morgan fingerprint density at radius 3 is 2.45 bits per heavy atom. The maximum atomic E-state index is 11.9. The van der Waals surface area contributed by atoms with E-state index in [0.717, 1.165) is 0 Å². The van der Waals surface area contributed by atoms with E-state index in [4.69, 9.17) is 28.9 Å². The van der Waals surface area contributed by atoms with Crippen molar-refractivity contribution in [3.05, 3.63) is 50.9 Å². The van der Waals surface area contributed by atoms with Gasteiger partial charge in [-0.25, -0.2) is 4.79 Å². The summed E-state index contributed by atoms with van der Waals surface area (Å²) < 4.78 is 0.685. The number of halogens is 3. The molecule has 2 rings (SSSR count). The molecule has 7 heteroatoms. The molecule has 0 saturated heterocycles. The number of nitrogens with two attached hydrogens (primary N) is 1. The third-order valence-electron chi connectivity index (χ3n) is 2.42. The van der Waals surface area contributed by atoms with Crippen molar-refractivity contribution in [1.82, 2.24) is 0 Å². The van der Waals surface area contributed by atoms with Crippen molar-refractivity contribution in [2.75, 3.05) is 16.4 Å². The van der Waals surface area contributed by atoms with Gasteiger partial charge in [-0.2, -0.15) is 0 Å².